The third-order valence-corrected chi connectivity index (χ3v) is 2.77. The molecule has 0 aliphatic rings. The molecule has 0 saturated heterocycles. The molecule has 2 nitrogen and oxygen atoms in total. The summed E-state index contributed by atoms with van der Waals surface area (Å²) in [6.45, 7) is 7.63. The normalized spacial score (nSPS) is 12.9. The van der Waals surface area contributed by atoms with Crippen molar-refractivity contribution in [3.8, 4) is 0 Å². The van der Waals surface area contributed by atoms with Crippen LogP contribution in [0.4, 0.5) is 0 Å². The minimum atomic E-state index is -0.804. The lowest BCUT2D eigenvalue weighted by Gasteiger charge is -2.24. The molecule has 0 radical (unpaired) electrons. The highest BCUT2D eigenvalue weighted by Gasteiger charge is 2.21. The lowest BCUT2D eigenvalue weighted by molar-refractivity contribution is 0.0785. The molecular weight excluding hydrogens is 188 g/mol. The molecule has 0 spiro atoms. The van der Waals surface area contributed by atoms with Crippen molar-refractivity contribution in [2.75, 3.05) is 6.61 Å². The van der Waals surface area contributed by atoms with Gasteiger partial charge in [-0.05, 0) is 25.0 Å². The zero-order valence-corrected chi connectivity index (χ0v) is 9.91. The Bertz CT molecular complexity index is 317. The van der Waals surface area contributed by atoms with Crippen LogP contribution in [0.25, 0.3) is 0 Å². The summed E-state index contributed by atoms with van der Waals surface area (Å²) in [4.78, 5) is 0. The van der Waals surface area contributed by atoms with Crippen LogP contribution in [-0.4, -0.2) is 16.8 Å². The molecule has 0 saturated carbocycles. The minimum absolute atomic E-state index is 0.120. The van der Waals surface area contributed by atoms with E-state index in [1.54, 1.807) is 13.8 Å². The molecule has 0 aromatic heterocycles. The molecule has 1 aromatic carbocycles. The van der Waals surface area contributed by atoms with E-state index in [1.807, 2.05) is 38.1 Å². The number of hydrogen-bond donors (Lipinski definition) is 2. The molecular formula is C13H20O2. The van der Waals surface area contributed by atoms with E-state index in [0.29, 0.717) is 0 Å². The lowest BCUT2D eigenvalue weighted by Crippen LogP contribution is -2.22. The van der Waals surface area contributed by atoms with Gasteiger partial charge in [0.05, 0.1) is 12.2 Å². The van der Waals surface area contributed by atoms with Crippen LogP contribution in [-0.2, 0) is 11.0 Å². The highest BCUT2D eigenvalue weighted by Crippen LogP contribution is 2.25. The van der Waals surface area contributed by atoms with E-state index in [0.717, 1.165) is 11.1 Å². The van der Waals surface area contributed by atoms with Gasteiger partial charge < -0.3 is 10.2 Å². The zero-order valence-electron chi connectivity index (χ0n) is 9.91. The molecule has 2 heteroatoms. The summed E-state index contributed by atoms with van der Waals surface area (Å²) < 4.78 is 0. The Morgan fingerprint density at radius 2 is 1.33 bits per heavy atom. The van der Waals surface area contributed by atoms with Crippen molar-refractivity contribution in [2.45, 2.75) is 38.7 Å². The predicted molar refractivity (Wildman–Crippen MR) is 61.8 cm³/mol. The first-order valence-corrected chi connectivity index (χ1v) is 5.21. The van der Waals surface area contributed by atoms with Crippen LogP contribution in [0.3, 0.4) is 0 Å². The van der Waals surface area contributed by atoms with E-state index in [4.69, 9.17) is 0 Å². The zero-order chi connectivity index (χ0) is 11.7. The number of aliphatic hydroxyl groups excluding tert-OH is 1. The van der Waals surface area contributed by atoms with Gasteiger partial charge in [-0.2, -0.15) is 0 Å². The van der Waals surface area contributed by atoms with Gasteiger partial charge in [-0.1, -0.05) is 38.1 Å². The van der Waals surface area contributed by atoms with Crippen molar-refractivity contribution in [1.82, 2.24) is 0 Å². The molecule has 0 atom stereocenters. The van der Waals surface area contributed by atoms with Gasteiger partial charge in [0, 0.05) is 5.41 Å². The van der Waals surface area contributed by atoms with Gasteiger partial charge in [0.15, 0.2) is 0 Å². The predicted octanol–water partition coefficient (Wildman–Crippen LogP) is 2.18. The molecule has 1 aromatic rings. The van der Waals surface area contributed by atoms with Gasteiger partial charge in [-0.25, -0.2) is 0 Å². The summed E-state index contributed by atoms with van der Waals surface area (Å²) in [5, 5.41) is 19.0. The molecule has 0 amide bonds. The Morgan fingerprint density at radius 1 is 0.933 bits per heavy atom. The number of hydrogen-bond acceptors (Lipinski definition) is 2. The van der Waals surface area contributed by atoms with Gasteiger partial charge in [-0.3, -0.25) is 0 Å². The Morgan fingerprint density at radius 3 is 1.67 bits per heavy atom. The molecule has 84 valence electrons. The van der Waals surface area contributed by atoms with Gasteiger partial charge in [0.2, 0.25) is 0 Å². The summed E-state index contributed by atoms with van der Waals surface area (Å²) in [7, 11) is 0. The fourth-order valence-electron chi connectivity index (χ4n) is 1.42. The van der Waals surface area contributed by atoms with Crippen LogP contribution in [0.1, 0.15) is 38.8 Å². The third-order valence-electron chi connectivity index (χ3n) is 2.77. The van der Waals surface area contributed by atoms with Crippen LogP contribution < -0.4 is 0 Å². The molecule has 2 N–H and O–H groups in total. The average molecular weight is 208 g/mol. The van der Waals surface area contributed by atoms with E-state index in [-0.39, 0.29) is 12.0 Å². The molecule has 0 aliphatic carbocycles. The minimum Gasteiger partial charge on any atom is -0.395 e. The molecule has 0 heterocycles. The maximum atomic E-state index is 9.79. The van der Waals surface area contributed by atoms with Crippen LogP contribution in [0.5, 0.6) is 0 Å². The lowest BCUT2D eigenvalue weighted by atomic mass is 9.84. The second-order valence-corrected chi connectivity index (χ2v) is 5.18. The van der Waals surface area contributed by atoms with Crippen molar-refractivity contribution in [3.05, 3.63) is 35.4 Å². The number of benzene rings is 1. The first-order valence-electron chi connectivity index (χ1n) is 5.21. The fourth-order valence-corrected chi connectivity index (χ4v) is 1.42. The second kappa shape index (κ2) is 3.95. The topological polar surface area (TPSA) is 40.5 Å². The van der Waals surface area contributed by atoms with Gasteiger partial charge in [0.1, 0.15) is 0 Å². The number of aliphatic hydroxyl groups is 2. The Labute approximate surface area is 91.6 Å². The van der Waals surface area contributed by atoms with E-state index in [1.165, 1.54) is 0 Å². The smallest absolute Gasteiger partial charge is 0.0840 e. The van der Waals surface area contributed by atoms with Crippen LogP contribution in [0.15, 0.2) is 24.3 Å². The highest BCUT2D eigenvalue weighted by atomic mass is 16.3. The molecule has 1 rings (SSSR count). The summed E-state index contributed by atoms with van der Waals surface area (Å²) in [5.74, 6) is 0. The van der Waals surface area contributed by atoms with Gasteiger partial charge in [-0.15, -0.1) is 0 Å². The molecule has 0 fully saturated rings. The van der Waals surface area contributed by atoms with Gasteiger partial charge in [0.25, 0.3) is 0 Å². The monoisotopic (exact) mass is 208 g/mol. The second-order valence-electron chi connectivity index (χ2n) is 5.18. The highest BCUT2D eigenvalue weighted by molar-refractivity contribution is 5.30. The first-order chi connectivity index (χ1) is 6.77. The molecule has 0 aliphatic heterocycles. The Kier molecular flexibility index (Phi) is 3.22. The third kappa shape index (κ3) is 2.80. The average Bonchev–Trinajstić information content (AvgIpc) is 2.17. The molecule has 0 unspecified atom stereocenters. The quantitative estimate of drug-likeness (QED) is 0.799. The Balaban J connectivity index is 3.01. The van der Waals surface area contributed by atoms with Crippen molar-refractivity contribution in [2.24, 2.45) is 0 Å². The summed E-state index contributed by atoms with van der Waals surface area (Å²) >= 11 is 0. The first kappa shape index (κ1) is 12.2. The fraction of sp³-hybridized carbons (Fsp3) is 0.538. The van der Waals surface area contributed by atoms with Crippen molar-refractivity contribution >= 4 is 0 Å². The standard InChI is InChI=1S/C13H20O2/c1-12(2,9-14)10-5-7-11(8-6-10)13(3,4)15/h5-8,14-15H,9H2,1-4H3. The van der Waals surface area contributed by atoms with E-state index in [9.17, 15) is 10.2 Å². The maximum absolute atomic E-state index is 9.79. The number of rotatable bonds is 3. The van der Waals surface area contributed by atoms with Crippen LogP contribution >= 0.6 is 0 Å². The van der Waals surface area contributed by atoms with E-state index in [2.05, 4.69) is 0 Å². The van der Waals surface area contributed by atoms with Gasteiger partial charge >= 0.3 is 0 Å². The van der Waals surface area contributed by atoms with Crippen LogP contribution in [0, 0.1) is 0 Å². The van der Waals surface area contributed by atoms with E-state index < -0.39 is 5.60 Å². The van der Waals surface area contributed by atoms with Crippen molar-refractivity contribution in [1.29, 1.82) is 0 Å². The van der Waals surface area contributed by atoms with E-state index >= 15 is 0 Å². The molecule has 15 heavy (non-hydrogen) atoms. The SMILES string of the molecule is CC(C)(O)c1ccc(C(C)(C)CO)cc1. The largest absolute Gasteiger partial charge is 0.395 e. The summed E-state index contributed by atoms with van der Waals surface area (Å²) in [6, 6.07) is 7.74. The maximum Gasteiger partial charge on any atom is 0.0840 e. The van der Waals surface area contributed by atoms with Crippen molar-refractivity contribution in [3.63, 3.8) is 0 Å². The summed E-state index contributed by atoms with van der Waals surface area (Å²) in [5.41, 5.74) is 0.943. The Hall–Kier alpha value is -0.860. The summed E-state index contributed by atoms with van der Waals surface area (Å²) in [6.07, 6.45) is 0. The molecule has 0 bridgehead atoms. The van der Waals surface area contributed by atoms with Crippen molar-refractivity contribution < 1.29 is 10.2 Å². The van der Waals surface area contributed by atoms with Crippen LogP contribution in [0.2, 0.25) is 0 Å².